The van der Waals surface area contributed by atoms with Crippen molar-refractivity contribution in [2.75, 3.05) is 27.9 Å². The predicted molar refractivity (Wildman–Crippen MR) is 158 cm³/mol. The Morgan fingerprint density at radius 2 is 1.61 bits per heavy atom. The fourth-order valence-corrected chi connectivity index (χ4v) is 4.23. The highest BCUT2D eigenvalue weighted by Crippen LogP contribution is 2.38. The van der Waals surface area contributed by atoms with Crippen molar-refractivity contribution in [2.24, 2.45) is 5.10 Å². The van der Waals surface area contributed by atoms with Crippen LogP contribution in [0.5, 0.6) is 23.0 Å². The van der Waals surface area contributed by atoms with Gasteiger partial charge >= 0.3 is 5.97 Å². The minimum absolute atomic E-state index is 0.223. The molecule has 11 heteroatoms. The molecule has 216 valence electrons. The number of amides is 2. The van der Waals surface area contributed by atoms with Gasteiger partial charge < -0.3 is 24.3 Å². The number of hydrogen-bond acceptors (Lipinski definition) is 8. The van der Waals surface area contributed by atoms with Gasteiger partial charge in [-0.1, -0.05) is 30.7 Å². The molecule has 0 aliphatic heterocycles. The minimum atomic E-state index is -0.486. The molecular weight excluding hydrogens is 594 g/mol. The maximum absolute atomic E-state index is 12.5. The summed E-state index contributed by atoms with van der Waals surface area (Å²) < 4.78 is 21.9. The monoisotopic (exact) mass is 625 g/mol. The SMILES string of the molecule is COc1cc(C(=O)NCCCCCC(=O)NN=Cc2cccc(OC(=O)c3ccccc3Br)c2)cc(OC)c1OC. The smallest absolute Gasteiger partial charge is 0.344 e. The van der Waals surface area contributed by atoms with Gasteiger partial charge in [0.25, 0.3) is 5.91 Å². The third-order valence-electron chi connectivity index (χ3n) is 5.86. The van der Waals surface area contributed by atoms with Crippen molar-refractivity contribution in [3.63, 3.8) is 0 Å². The second kappa shape index (κ2) is 16.0. The van der Waals surface area contributed by atoms with Crippen molar-refractivity contribution in [3.8, 4) is 23.0 Å². The number of benzene rings is 3. The zero-order valence-corrected chi connectivity index (χ0v) is 24.7. The van der Waals surface area contributed by atoms with Crippen molar-refractivity contribution >= 4 is 39.9 Å². The average Bonchev–Trinajstić information content (AvgIpc) is 2.98. The van der Waals surface area contributed by atoms with Crippen LogP contribution in [0.3, 0.4) is 0 Å². The van der Waals surface area contributed by atoms with E-state index in [0.717, 1.165) is 6.42 Å². The summed E-state index contributed by atoms with van der Waals surface area (Å²) in [6.45, 7) is 0.456. The van der Waals surface area contributed by atoms with Gasteiger partial charge in [0.15, 0.2) is 11.5 Å². The van der Waals surface area contributed by atoms with Crippen LogP contribution >= 0.6 is 15.9 Å². The topological polar surface area (TPSA) is 125 Å². The molecule has 3 aromatic rings. The molecule has 0 aromatic heterocycles. The predicted octanol–water partition coefficient (Wildman–Crippen LogP) is 5.13. The Labute approximate surface area is 247 Å². The molecule has 0 fully saturated rings. The summed E-state index contributed by atoms with van der Waals surface area (Å²) in [5, 5.41) is 6.85. The van der Waals surface area contributed by atoms with E-state index in [1.165, 1.54) is 27.5 Å². The molecule has 0 bridgehead atoms. The molecule has 0 saturated heterocycles. The number of methoxy groups -OCH3 is 3. The maximum Gasteiger partial charge on any atom is 0.344 e. The summed E-state index contributed by atoms with van der Waals surface area (Å²) in [5.41, 5.74) is 3.97. The lowest BCUT2D eigenvalue weighted by molar-refractivity contribution is -0.121. The van der Waals surface area contributed by atoms with Crippen LogP contribution < -0.4 is 29.7 Å². The number of ether oxygens (including phenoxy) is 4. The van der Waals surface area contributed by atoms with Gasteiger partial charge in [0.05, 0.1) is 33.1 Å². The van der Waals surface area contributed by atoms with Crippen LogP contribution in [0.4, 0.5) is 0 Å². The summed E-state index contributed by atoms with van der Waals surface area (Å²) in [6.07, 6.45) is 3.87. The number of rotatable bonds is 14. The number of hydrazone groups is 1. The first-order valence-corrected chi connectivity index (χ1v) is 13.6. The lowest BCUT2D eigenvalue weighted by atomic mass is 10.1. The van der Waals surface area contributed by atoms with Crippen molar-refractivity contribution in [1.29, 1.82) is 0 Å². The van der Waals surface area contributed by atoms with Crippen LogP contribution in [-0.2, 0) is 4.79 Å². The van der Waals surface area contributed by atoms with Gasteiger partial charge in [-0.25, -0.2) is 10.2 Å². The summed E-state index contributed by atoms with van der Waals surface area (Å²) in [5.74, 6) is 0.610. The molecule has 0 unspecified atom stereocenters. The van der Waals surface area contributed by atoms with E-state index >= 15 is 0 Å². The van der Waals surface area contributed by atoms with Crippen LogP contribution in [0, 0.1) is 0 Å². The van der Waals surface area contributed by atoms with Gasteiger partial charge in [0.1, 0.15) is 5.75 Å². The molecule has 2 amide bonds. The summed E-state index contributed by atoms with van der Waals surface area (Å²) in [7, 11) is 4.48. The number of hydrogen-bond donors (Lipinski definition) is 2. The maximum atomic E-state index is 12.5. The Morgan fingerprint density at radius 3 is 2.29 bits per heavy atom. The number of esters is 1. The Bertz CT molecular complexity index is 1370. The molecule has 0 spiro atoms. The van der Waals surface area contributed by atoms with Gasteiger partial charge in [-0.2, -0.15) is 5.10 Å². The Balaban J connectivity index is 1.36. The highest BCUT2D eigenvalue weighted by molar-refractivity contribution is 9.10. The third kappa shape index (κ3) is 9.35. The number of nitrogens with zero attached hydrogens (tertiary/aromatic N) is 1. The van der Waals surface area contributed by atoms with E-state index in [4.69, 9.17) is 18.9 Å². The first-order chi connectivity index (χ1) is 19.9. The van der Waals surface area contributed by atoms with Crippen LogP contribution in [0.2, 0.25) is 0 Å². The normalized spacial score (nSPS) is 10.6. The molecule has 0 saturated carbocycles. The summed E-state index contributed by atoms with van der Waals surface area (Å²) in [4.78, 5) is 37.1. The van der Waals surface area contributed by atoms with Crippen molar-refractivity contribution in [1.82, 2.24) is 10.7 Å². The van der Waals surface area contributed by atoms with E-state index in [2.05, 4.69) is 31.8 Å². The van der Waals surface area contributed by atoms with E-state index in [9.17, 15) is 14.4 Å². The summed E-state index contributed by atoms with van der Waals surface area (Å²) in [6, 6.07) is 17.0. The molecule has 0 radical (unpaired) electrons. The molecule has 0 heterocycles. The highest BCUT2D eigenvalue weighted by atomic mass is 79.9. The molecule has 10 nitrogen and oxygen atoms in total. The molecule has 3 rings (SSSR count). The van der Waals surface area contributed by atoms with Crippen molar-refractivity contribution in [3.05, 3.63) is 81.8 Å². The molecule has 0 aliphatic rings. The Kier molecular flexibility index (Phi) is 12.2. The standard InChI is InChI=1S/C30H32BrN3O7/c1-38-25-17-21(18-26(39-2)28(25)40-3)29(36)32-15-8-4-5-14-27(35)34-33-19-20-10-9-11-22(16-20)41-30(37)23-12-6-7-13-24(23)31/h6-7,9-13,16-19H,4-5,8,14-15H2,1-3H3,(H,32,36)(H,34,35). The van der Waals surface area contributed by atoms with E-state index in [-0.39, 0.29) is 11.8 Å². The van der Waals surface area contributed by atoms with Crippen molar-refractivity contribution in [2.45, 2.75) is 25.7 Å². The first-order valence-electron chi connectivity index (χ1n) is 12.8. The summed E-state index contributed by atoms with van der Waals surface area (Å²) >= 11 is 3.34. The number of nitrogens with one attached hydrogen (secondary N) is 2. The molecule has 41 heavy (non-hydrogen) atoms. The van der Waals surface area contributed by atoms with Crippen LogP contribution in [0.25, 0.3) is 0 Å². The lowest BCUT2D eigenvalue weighted by Crippen LogP contribution is -2.24. The van der Waals surface area contributed by atoms with E-state index in [1.807, 2.05) is 6.07 Å². The van der Waals surface area contributed by atoms with Crippen LogP contribution in [-0.4, -0.2) is 51.9 Å². The Hall–Kier alpha value is -4.38. The van der Waals surface area contributed by atoms with Gasteiger partial charge in [0.2, 0.25) is 11.7 Å². The van der Waals surface area contributed by atoms with Gasteiger partial charge in [-0.15, -0.1) is 0 Å². The molecule has 0 aliphatic carbocycles. The van der Waals surface area contributed by atoms with Crippen LogP contribution in [0.1, 0.15) is 52.0 Å². The lowest BCUT2D eigenvalue weighted by Gasteiger charge is -2.14. The highest BCUT2D eigenvalue weighted by Gasteiger charge is 2.17. The average molecular weight is 627 g/mol. The zero-order chi connectivity index (χ0) is 29.6. The fourth-order valence-electron chi connectivity index (χ4n) is 3.79. The molecule has 3 aromatic carbocycles. The third-order valence-corrected chi connectivity index (χ3v) is 6.55. The van der Waals surface area contributed by atoms with Gasteiger partial charge in [0, 0.05) is 23.0 Å². The zero-order valence-electron chi connectivity index (χ0n) is 23.1. The second-order valence-electron chi connectivity index (χ2n) is 8.72. The van der Waals surface area contributed by atoms with E-state index in [0.29, 0.717) is 70.0 Å². The van der Waals surface area contributed by atoms with Gasteiger partial charge in [-0.3, -0.25) is 9.59 Å². The minimum Gasteiger partial charge on any atom is -0.493 e. The van der Waals surface area contributed by atoms with Gasteiger partial charge in [-0.05, 0) is 70.7 Å². The van der Waals surface area contributed by atoms with Crippen LogP contribution in [0.15, 0.2) is 70.2 Å². The fraction of sp³-hybridized carbons (Fsp3) is 0.267. The number of halogens is 1. The first kappa shape index (κ1) is 31.2. The Morgan fingerprint density at radius 1 is 0.878 bits per heavy atom. The number of unbranched alkanes of at least 4 members (excludes halogenated alkanes) is 2. The number of carbonyl (C=O) groups is 3. The van der Waals surface area contributed by atoms with Crippen molar-refractivity contribution < 1.29 is 33.3 Å². The number of carbonyl (C=O) groups excluding carboxylic acids is 3. The molecule has 0 atom stereocenters. The quantitative estimate of drug-likeness (QED) is 0.0836. The van der Waals surface area contributed by atoms with E-state index < -0.39 is 5.97 Å². The largest absolute Gasteiger partial charge is 0.493 e. The molecule has 2 N–H and O–H groups in total. The molecular formula is C30H32BrN3O7. The second-order valence-corrected chi connectivity index (χ2v) is 9.57. The van der Waals surface area contributed by atoms with E-state index in [1.54, 1.807) is 54.6 Å².